The van der Waals surface area contributed by atoms with E-state index in [9.17, 15) is 0 Å². The number of hydrogen-bond donors (Lipinski definition) is 2. The van der Waals surface area contributed by atoms with Gasteiger partial charge in [-0.05, 0) is 20.9 Å². The van der Waals surface area contributed by atoms with Gasteiger partial charge in [-0.25, -0.2) is 5.84 Å². The molecule has 106 valence electrons. The Morgan fingerprint density at radius 2 is 2.00 bits per heavy atom. The number of nitrogens with one attached hydrogen (secondary N) is 1. The molecule has 2 heterocycles. The number of nitrogen functional groups attached to an aromatic ring is 1. The summed E-state index contributed by atoms with van der Waals surface area (Å²) in [4.78, 5) is 17.0. The lowest BCUT2D eigenvalue weighted by Gasteiger charge is -2.45. The summed E-state index contributed by atoms with van der Waals surface area (Å²) in [6.45, 7) is 7.03. The van der Waals surface area contributed by atoms with Gasteiger partial charge in [0, 0.05) is 25.2 Å². The van der Waals surface area contributed by atoms with Crippen LogP contribution in [-0.2, 0) is 0 Å². The second-order valence-electron chi connectivity index (χ2n) is 5.25. The van der Waals surface area contributed by atoms with Crippen LogP contribution < -0.4 is 20.9 Å². The van der Waals surface area contributed by atoms with Crippen molar-refractivity contribution in [1.29, 1.82) is 0 Å². The summed E-state index contributed by atoms with van der Waals surface area (Å²) < 4.78 is 5.07. The van der Waals surface area contributed by atoms with E-state index in [2.05, 4.69) is 51.1 Å². The van der Waals surface area contributed by atoms with E-state index in [1.807, 2.05) is 0 Å². The van der Waals surface area contributed by atoms with Crippen LogP contribution in [0, 0.1) is 0 Å². The van der Waals surface area contributed by atoms with Gasteiger partial charge in [0.1, 0.15) is 0 Å². The molecule has 0 aliphatic carbocycles. The zero-order valence-corrected chi connectivity index (χ0v) is 11.8. The summed E-state index contributed by atoms with van der Waals surface area (Å²) in [7, 11) is 3.64. The largest absolute Gasteiger partial charge is 0.467 e. The Hall–Kier alpha value is -1.67. The molecule has 1 fully saturated rings. The number of nitrogens with two attached hydrogens (primary N) is 1. The van der Waals surface area contributed by atoms with Gasteiger partial charge < -0.3 is 9.64 Å². The molecule has 1 aromatic rings. The molecule has 2 rings (SSSR count). The van der Waals surface area contributed by atoms with Crippen molar-refractivity contribution in [3.8, 4) is 6.01 Å². The molecule has 19 heavy (non-hydrogen) atoms. The van der Waals surface area contributed by atoms with E-state index in [1.54, 1.807) is 0 Å². The second kappa shape index (κ2) is 5.14. The Labute approximate surface area is 112 Å². The lowest BCUT2D eigenvalue weighted by Crippen LogP contribution is -2.58. The van der Waals surface area contributed by atoms with Crippen molar-refractivity contribution < 1.29 is 4.74 Å². The van der Waals surface area contributed by atoms with Crippen molar-refractivity contribution in [1.82, 2.24) is 19.9 Å². The predicted molar refractivity (Wildman–Crippen MR) is 73.1 cm³/mol. The van der Waals surface area contributed by atoms with E-state index in [-0.39, 0.29) is 11.5 Å². The van der Waals surface area contributed by atoms with E-state index in [4.69, 9.17) is 10.6 Å². The first-order chi connectivity index (χ1) is 8.96. The number of likely N-dealkylation sites (N-methyl/N-ethyl adjacent to an activating group) is 1. The number of rotatable bonds is 3. The number of anilines is 2. The second-order valence-corrected chi connectivity index (χ2v) is 5.25. The molecule has 1 aliphatic heterocycles. The highest BCUT2D eigenvalue weighted by Gasteiger charge is 2.32. The molecule has 1 aliphatic rings. The van der Waals surface area contributed by atoms with E-state index < -0.39 is 0 Å². The normalized spacial score (nSPS) is 19.3. The summed E-state index contributed by atoms with van der Waals surface area (Å²) in [6, 6.07) is 0.259. The Balaban J connectivity index is 2.26. The van der Waals surface area contributed by atoms with Crippen molar-refractivity contribution in [3.63, 3.8) is 0 Å². The van der Waals surface area contributed by atoms with Gasteiger partial charge in [-0.1, -0.05) is 0 Å². The fourth-order valence-corrected chi connectivity index (χ4v) is 2.05. The minimum atomic E-state index is 0.0639. The third-order valence-corrected chi connectivity index (χ3v) is 3.51. The van der Waals surface area contributed by atoms with Crippen molar-refractivity contribution in [2.45, 2.75) is 19.4 Å². The predicted octanol–water partition coefficient (Wildman–Crippen LogP) is -0.304. The summed E-state index contributed by atoms with van der Waals surface area (Å²) in [5.41, 5.74) is 2.50. The molecule has 8 nitrogen and oxygen atoms in total. The number of methoxy groups -OCH3 is 1. The van der Waals surface area contributed by atoms with Gasteiger partial charge in [-0.15, -0.1) is 0 Å². The lowest BCUT2D eigenvalue weighted by atomic mass is 10.0. The first-order valence-electron chi connectivity index (χ1n) is 6.19. The summed E-state index contributed by atoms with van der Waals surface area (Å²) in [6.07, 6.45) is 0. The van der Waals surface area contributed by atoms with Crippen LogP contribution in [0.3, 0.4) is 0 Å². The van der Waals surface area contributed by atoms with Crippen LogP contribution >= 0.6 is 0 Å². The molecule has 8 heteroatoms. The third kappa shape index (κ3) is 2.85. The van der Waals surface area contributed by atoms with Crippen LogP contribution in [0.1, 0.15) is 13.8 Å². The standard InChI is InChI=1S/C11H21N7O/c1-11(2)7-18(6-5-17(11)3)9-13-8(16-12)14-10(15-9)19-4/h5-7,12H2,1-4H3,(H,13,14,15,16). The molecular weight excluding hydrogens is 246 g/mol. The number of nitrogens with zero attached hydrogens (tertiary/aromatic N) is 5. The van der Waals surface area contributed by atoms with Gasteiger partial charge in [0.2, 0.25) is 11.9 Å². The lowest BCUT2D eigenvalue weighted by molar-refractivity contribution is 0.138. The van der Waals surface area contributed by atoms with Gasteiger partial charge in [0.05, 0.1) is 7.11 Å². The SMILES string of the molecule is COc1nc(NN)nc(N2CCN(C)C(C)(C)C2)n1. The molecule has 0 bridgehead atoms. The molecule has 0 spiro atoms. The van der Waals surface area contributed by atoms with E-state index in [0.29, 0.717) is 11.9 Å². The average Bonchev–Trinajstić information content (AvgIpc) is 2.41. The molecule has 0 amide bonds. The average molecular weight is 267 g/mol. The highest BCUT2D eigenvalue weighted by atomic mass is 16.5. The minimum absolute atomic E-state index is 0.0639. The maximum Gasteiger partial charge on any atom is 0.322 e. The number of piperazine rings is 1. The molecule has 1 aromatic heterocycles. The van der Waals surface area contributed by atoms with Crippen LogP contribution in [0.15, 0.2) is 0 Å². The number of hydrogen-bond acceptors (Lipinski definition) is 8. The van der Waals surface area contributed by atoms with E-state index >= 15 is 0 Å². The first-order valence-corrected chi connectivity index (χ1v) is 6.19. The summed E-state index contributed by atoms with van der Waals surface area (Å²) >= 11 is 0. The Bertz CT molecular complexity index is 428. The quantitative estimate of drug-likeness (QED) is 0.569. The Kier molecular flexibility index (Phi) is 3.72. The van der Waals surface area contributed by atoms with Crippen molar-refractivity contribution >= 4 is 11.9 Å². The van der Waals surface area contributed by atoms with E-state index in [0.717, 1.165) is 19.6 Å². The zero-order chi connectivity index (χ0) is 14.0. The van der Waals surface area contributed by atoms with Gasteiger partial charge in [0.25, 0.3) is 0 Å². The maximum absolute atomic E-state index is 5.36. The Morgan fingerprint density at radius 3 is 2.58 bits per heavy atom. The van der Waals surface area contributed by atoms with Crippen LogP contribution in [-0.4, -0.2) is 59.2 Å². The molecule has 0 radical (unpaired) electrons. The highest BCUT2D eigenvalue weighted by molar-refractivity contribution is 5.39. The molecule has 0 aromatic carbocycles. The smallest absolute Gasteiger partial charge is 0.322 e. The summed E-state index contributed by atoms with van der Waals surface area (Å²) in [5, 5.41) is 0. The molecule has 1 saturated heterocycles. The van der Waals surface area contributed by atoms with Crippen LogP contribution in [0.25, 0.3) is 0 Å². The molecule has 0 unspecified atom stereocenters. The van der Waals surface area contributed by atoms with Gasteiger partial charge in [-0.3, -0.25) is 10.3 Å². The van der Waals surface area contributed by atoms with Crippen molar-refractivity contribution in [2.24, 2.45) is 5.84 Å². The highest BCUT2D eigenvalue weighted by Crippen LogP contribution is 2.23. The Morgan fingerprint density at radius 1 is 1.26 bits per heavy atom. The number of hydrazine groups is 1. The third-order valence-electron chi connectivity index (χ3n) is 3.51. The topological polar surface area (TPSA) is 92.4 Å². The van der Waals surface area contributed by atoms with Gasteiger partial charge >= 0.3 is 6.01 Å². The molecule has 0 atom stereocenters. The fraction of sp³-hybridized carbons (Fsp3) is 0.727. The molecule has 3 N–H and O–H groups in total. The zero-order valence-electron chi connectivity index (χ0n) is 11.8. The van der Waals surface area contributed by atoms with Crippen molar-refractivity contribution in [2.75, 3.05) is 44.1 Å². The van der Waals surface area contributed by atoms with Crippen LogP contribution in [0.4, 0.5) is 11.9 Å². The maximum atomic E-state index is 5.36. The van der Waals surface area contributed by atoms with Gasteiger partial charge in [0.15, 0.2) is 0 Å². The molecule has 0 saturated carbocycles. The number of aromatic nitrogens is 3. The number of ether oxygens (including phenoxy) is 1. The van der Waals surface area contributed by atoms with Gasteiger partial charge in [-0.2, -0.15) is 15.0 Å². The monoisotopic (exact) mass is 267 g/mol. The van der Waals surface area contributed by atoms with Crippen LogP contribution in [0.5, 0.6) is 6.01 Å². The van der Waals surface area contributed by atoms with E-state index in [1.165, 1.54) is 7.11 Å². The minimum Gasteiger partial charge on any atom is -0.467 e. The molecular formula is C11H21N7O. The van der Waals surface area contributed by atoms with Crippen molar-refractivity contribution in [3.05, 3.63) is 0 Å². The van der Waals surface area contributed by atoms with Crippen LogP contribution in [0.2, 0.25) is 0 Å². The first kappa shape index (κ1) is 13.8. The fourth-order valence-electron chi connectivity index (χ4n) is 2.05. The summed E-state index contributed by atoms with van der Waals surface area (Å²) in [5.74, 6) is 6.25.